The van der Waals surface area contributed by atoms with E-state index in [9.17, 15) is 13.2 Å². The summed E-state index contributed by atoms with van der Waals surface area (Å²) in [6.45, 7) is 0. The van der Waals surface area contributed by atoms with E-state index in [-0.39, 0.29) is 0 Å². The minimum Gasteiger partial charge on any atom is -0.166 e. The Hall–Kier alpha value is -1.25. The van der Waals surface area contributed by atoms with Crippen molar-refractivity contribution in [1.29, 1.82) is 0 Å². The molecule has 0 aliphatic heterocycles. The first-order valence-corrected chi connectivity index (χ1v) is 5.42. The third-order valence-corrected chi connectivity index (χ3v) is 2.83. The van der Waals surface area contributed by atoms with Crippen LogP contribution in [0.3, 0.4) is 0 Å². The predicted molar refractivity (Wildman–Crippen MR) is 57.9 cm³/mol. The lowest BCUT2D eigenvalue weighted by Gasteiger charge is -2.07. The molecule has 1 saturated carbocycles. The summed E-state index contributed by atoms with van der Waals surface area (Å²) in [7, 11) is 0. The summed E-state index contributed by atoms with van der Waals surface area (Å²) in [5.74, 6) is 0. The van der Waals surface area contributed by atoms with Gasteiger partial charge < -0.3 is 0 Å². The van der Waals surface area contributed by atoms with Crippen LogP contribution in [0.5, 0.6) is 0 Å². The van der Waals surface area contributed by atoms with Gasteiger partial charge in [-0.2, -0.15) is 13.2 Å². The molecule has 86 valence electrons. The van der Waals surface area contributed by atoms with Crippen molar-refractivity contribution < 1.29 is 13.2 Å². The Morgan fingerprint density at radius 3 is 2.38 bits per heavy atom. The van der Waals surface area contributed by atoms with Crippen LogP contribution >= 0.6 is 0 Å². The molecule has 0 nitrogen and oxygen atoms in total. The van der Waals surface area contributed by atoms with Gasteiger partial charge in [-0.25, -0.2) is 0 Å². The second-order valence-electron chi connectivity index (χ2n) is 4.13. The minimum absolute atomic E-state index is 0.570. The lowest BCUT2D eigenvalue weighted by molar-refractivity contribution is -0.137. The van der Waals surface area contributed by atoms with Crippen LogP contribution < -0.4 is 0 Å². The fraction of sp³-hybridized carbons (Fsp3) is 0.385. The van der Waals surface area contributed by atoms with Gasteiger partial charge >= 0.3 is 6.18 Å². The monoisotopic (exact) mass is 226 g/mol. The van der Waals surface area contributed by atoms with Gasteiger partial charge in [-0.3, -0.25) is 0 Å². The standard InChI is InChI=1S/C13H13F3/c14-13(15,16)12-7-3-6-11(9-12)8-10-4-1-2-5-10/h3,6-9H,1-2,4-5H2. The highest BCUT2D eigenvalue weighted by Crippen LogP contribution is 2.31. The molecule has 0 radical (unpaired) electrons. The smallest absolute Gasteiger partial charge is 0.166 e. The summed E-state index contributed by atoms with van der Waals surface area (Å²) in [5, 5.41) is 0. The summed E-state index contributed by atoms with van der Waals surface area (Å²) < 4.78 is 37.4. The van der Waals surface area contributed by atoms with E-state index < -0.39 is 11.7 Å². The summed E-state index contributed by atoms with van der Waals surface area (Å²) in [5.41, 5.74) is 1.35. The average molecular weight is 226 g/mol. The molecule has 2 rings (SSSR count). The second kappa shape index (κ2) is 4.32. The Kier molecular flexibility index (Phi) is 3.03. The quantitative estimate of drug-likeness (QED) is 0.653. The van der Waals surface area contributed by atoms with Gasteiger partial charge in [0.05, 0.1) is 5.56 Å². The Bertz CT molecular complexity index is 394. The van der Waals surface area contributed by atoms with E-state index in [1.807, 2.05) is 6.08 Å². The van der Waals surface area contributed by atoms with Gasteiger partial charge in [-0.1, -0.05) is 23.8 Å². The number of allylic oxidation sites excluding steroid dienone is 1. The van der Waals surface area contributed by atoms with E-state index in [0.717, 1.165) is 31.7 Å². The van der Waals surface area contributed by atoms with Gasteiger partial charge in [-0.15, -0.1) is 0 Å². The molecular formula is C13H13F3. The third-order valence-electron chi connectivity index (χ3n) is 2.83. The van der Waals surface area contributed by atoms with Crippen LogP contribution in [0, 0.1) is 0 Å². The van der Waals surface area contributed by atoms with Crippen molar-refractivity contribution in [1.82, 2.24) is 0 Å². The zero-order valence-electron chi connectivity index (χ0n) is 8.85. The highest BCUT2D eigenvalue weighted by molar-refractivity contribution is 5.54. The van der Waals surface area contributed by atoms with Gasteiger partial charge in [-0.05, 0) is 43.4 Å². The molecule has 0 spiro atoms. The van der Waals surface area contributed by atoms with Crippen molar-refractivity contribution in [2.75, 3.05) is 0 Å². The first-order chi connectivity index (χ1) is 7.55. The Balaban J connectivity index is 2.25. The van der Waals surface area contributed by atoms with Gasteiger partial charge in [0.25, 0.3) is 0 Å². The number of hydrogen-bond acceptors (Lipinski definition) is 0. The molecule has 1 aromatic carbocycles. The highest BCUT2D eigenvalue weighted by Gasteiger charge is 2.30. The van der Waals surface area contributed by atoms with E-state index in [0.29, 0.717) is 5.56 Å². The van der Waals surface area contributed by atoms with E-state index in [4.69, 9.17) is 0 Å². The molecule has 0 saturated heterocycles. The Labute approximate surface area is 92.8 Å². The molecule has 0 aromatic heterocycles. The maximum absolute atomic E-state index is 12.5. The SMILES string of the molecule is FC(F)(F)c1cccc(C=C2CCCC2)c1. The van der Waals surface area contributed by atoms with Crippen molar-refractivity contribution in [3.63, 3.8) is 0 Å². The minimum atomic E-state index is -4.25. The third kappa shape index (κ3) is 2.65. The summed E-state index contributed by atoms with van der Waals surface area (Å²) in [6, 6.07) is 5.51. The topological polar surface area (TPSA) is 0 Å². The first-order valence-electron chi connectivity index (χ1n) is 5.42. The maximum atomic E-state index is 12.5. The van der Waals surface area contributed by atoms with Crippen molar-refractivity contribution in [3.8, 4) is 0 Å². The zero-order chi connectivity index (χ0) is 11.6. The molecule has 0 amide bonds. The van der Waals surface area contributed by atoms with Crippen LogP contribution in [-0.4, -0.2) is 0 Å². The molecule has 0 unspecified atom stereocenters. The normalized spacial score (nSPS) is 16.6. The van der Waals surface area contributed by atoms with Crippen molar-refractivity contribution in [2.45, 2.75) is 31.9 Å². The number of rotatable bonds is 1. The summed E-state index contributed by atoms with van der Waals surface area (Å²) in [4.78, 5) is 0. The molecule has 1 aliphatic carbocycles. The molecule has 0 heterocycles. The van der Waals surface area contributed by atoms with Crippen LogP contribution in [0.15, 0.2) is 29.8 Å². The van der Waals surface area contributed by atoms with E-state index in [1.165, 1.54) is 17.7 Å². The predicted octanol–water partition coefficient (Wildman–Crippen LogP) is 4.66. The van der Waals surface area contributed by atoms with Crippen LogP contribution in [-0.2, 0) is 6.18 Å². The Morgan fingerprint density at radius 1 is 1.06 bits per heavy atom. The Morgan fingerprint density at radius 2 is 1.75 bits per heavy atom. The van der Waals surface area contributed by atoms with E-state index in [2.05, 4.69) is 0 Å². The van der Waals surface area contributed by atoms with Gasteiger partial charge in [0, 0.05) is 0 Å². The number of halogens is 3. The lowest BCUT2D eigenvalue weighted by atomic mass is 10.1. The van der Waals surface area contributed by atoms with Crippen LogP contribution in [0.1, 0.15) is 36.8 Å². The number of alkyl halides is 3. The first kappa shape index (κ1) is 11.2. The second-order valence-corrected chi connectivity index (χ2v) is 4.13. The molecule has 0 atom stereocenters. The maximum Gasteiger partial charge on any atom is 0.416 e. The fourth-order valence-electron chi connectivity index (χ4n) is 2.01. The number of hydrogen-bond donors (Lipinski definition) is 0. The van der Waals surface area contributed by atoms with Crippen LogP contribution in [0.25, 0.3) is 6.08 Å². The average Bonchev–Trinajstić information content (AvgIpc) is 2.70. The fourth-order valence-corrected chi connectivity index (χ4v) is 2.01. The van der Waals surface area contributed by atoms with Crippen molar-refractivity contribution in [3.05, 3.63) is 41.0 Å². The highest BCUT2D eigenvalue weighted by atomic mass is 19.4. The van der Waals surface area contributed by atoms with Crippen LogP contribution in [0.4, 0.5) is 13.2 Å². The van der Waals surface area contributed by atoms with Gasteiger partial charge in [0.1, 0.15) is 0 Å². The molecule has 1 fully saturated rings. The molecular weight excluding hydrogens is 213 g/mol. The summed E-state index contributed by atoms with van der Waals surface area (Å²) >= 11 is 0. The zero-order valence-corrected chi connectivity index (χ0v) is 8.85. The molecule has 3 heteroatoms. The molecule has 0 bridgehead atoms. The van der Waals surface area contributed by atoms with Crippen LogP contribution in [0.2, 0.25) is 0 Å². The molecule has 0 N–H and O–H groups in total. The number of benzene rings is 1. The van der Waals surface area contributed by atoms with E-state index >= 15 is 0 Å². The summed E-state index contributed by atoms with van der Waals surface area (Å²) in [6.07, 6.45) is 2.01. The van der Waals surface area contributed by atoms with Crippen molar-refractivity contribution >= 4 is 6.08 Å². The van der Waals surface area contributed by atoms with Gasteiger partial charge in [0.2, 0.25) is 0 Å². The van der Waals surface area contributed by atoms with Crippen molar-refractivity contribution in [2.24, 2.45) is 0 Å². The lowest BCUT2D eigenvalue weighted by Crippen LogP contribution is -2.04. The molecule has 1 aliphatic rings. The molecule has 16 heavy (non-hydrogen) atoms. The van der Waals surface area contributed by atoms with E-state index in [1.54, 1.807) is 6.07 Å². The van der Waals surface area contributed by atoms with Gasteiger partial charge in [0.15, 0.2) is 0 Å². The molecule has 1 aromatic rings. The largest absolute Gasteiger partial charge is 0.416 e.